The zero-order chi connectivity index (χ0) is 14.5. The number of carbonyl (C=O) groups excluding carboxylic acids is 1. The lowest BCUT2D eigenvalue weighted by atomic mass is 10.1. The summed E-state index contributed by atoms with van der Waals surface area (Å²) in [6.07, 6.45) is 1.14. The van der Waals surface area contributed by atoms with Crippen LogP contribution in [-0.2, 0) is 16.0 Å². The minimum Gasteiger partial charge on any atom is -0.479 e. The highest BCUT2D eigenvalue weighted by atomic mass is 16.5. The van der Waals surface area contributed by atoms with Crippen molar-refractivity contribution in [3.05, 3.63) is 35.4 Å². The molecule has 0 spiro atoms. The molecule has 1 aromatic rings. The Balaban J connectivity index is 2.04. The van der Waals surface area contributed by atoms with Gasteiger partial charge in [-0.3, -0.25) is 4.79 Å². The zero-order valence-electron chi connectivity index (χ0n) is 11.5. The molecular weight excluding hydrogens is 258 g/mol. The van der Waals surface area contributed by atoms with Crippen LogP contribution in [0, 0.1) is 0 Å². The Morgan fingerprint density at radius 1 is 1.35 bits per heavy atom. The number of hydrogen-bond donors (Lipinski definition) is 1. The highest BCUT2D eigenvalue weighted by molar-refractivity contribution is 5.94. The van der Waals surface area contributed by atoms with Gasteiger partial charge in [-0.15, -0.1) is 0 Å². The number of benzene rings is 1. The predicted octanol–water partition coefficient (Wildman–Crippen LogP) is 1.56. The van der Waals surface area contributed by atoms with Gasteiger partial charge in [0.15, 0.2) is 6.10 Å². The third-order valence-corrected chi connectivity index (χ3v) is 3.37. The predicted molar refractivity (Wildman–Crippen MR) is 73.7 cm³/mol. The topological polar surface area (TPSA) is 66.8 Å². The van der Waals surface area contributed by atoms with Gasteiger partial charge in [0.1, 0.15) is 0 Å². The quantitative estimate of drug-likeness (QED) is 0.907. The van der Waals surface area contributed by atoms with Crippen molar-refractivity contribution >= 4 is 11.9 Å². The van der Waals surface area contributed by atoms with E-state index in [0.717, 1.165) is 12.8 Å². The largest absolute Gasteiger partial charge is 0.479 e. The smallest absolute Gasteiger partial charge is 0.334 e. The summed E-state index contributed by atoms with van der Waals surface area (Å²) in [5, 5.41) is 8.94. The Morgan fingerprint density at radius 2 is 2.05 bits per heavy atom. The summed E-state index contributed by atoms with van der Waals surface area (Å²) in [5.41, 5.74) is 1.80. The number of carboxylic acids is 1. The van der Waals surface area contributed by atoms with Crippen molar-refractivity contribution < 1.29 is 19.4 Å². The molecule has 108 valence electrons. The van der Waals surface area contributed by atoms with Gasteiger partial charge in [0, 0.05) is 12.1 Å². The Bertz CT molecular complexity index is 483. The molecule has 1 aliphatic heterocycles. The first-order chi connectivity index (χ1) is 9.61. The van der Waals surface area contributed by atoms with Crippen LogP contribution < -0.4 is 0 Å². The molecule has 1 atom stereocenters. The van der Waals surface area contributed by atoms with Crippen LogP contribution in [0.3, 0.4) is 0 Å². The van der Waals surface area contributed by atoms with Crippen LogP contribution in [0.25, 0.3) is 0 Å². The second-order valence-corrected chi connectivity index (χ2v) is 4.90. The van der Waals surface area contributed by atoms with Crippen molar-refractivity contribution in [2.75, 3.05) is 19.7 Å². The molecule has 1 amide bonds. The Kier molecular flexibility index (Phi) is 4.74. The number of nitrogens with zero attached hydrogens (tertiary/aromatic N) is 1. The molecule has 0 aromatic heterocycles. The van der Waals surface area contributed by atoms with Crippen LogP contribution in [0.15, 0.2) is 24.3 Å². The van der Waals surface area contributed by atoms with Gasteiger partial charge < -0.3 is 14.7 Å². The molecule has 1 fully saturated rings. The summed E-state index contributed by atoms with van der Waals surface area (Å²) in [6.45, 7) is 2.90. The summed E-state index contributed by atoms with van der Waals surface area (Å²) in [4.78, 5) is 24.8. The number of carboxylic acid groups (broad SMARTS) is 1. The Labute approximate surface area is 118 Å². The number of hydrogen-bond acceptors (Lipinski definition) is 3. The van der Waals surface area contributed by atoms with Gasteiger partial charge in [-0.1, -0.05) is 25.5 Å². The second kappa shape index (κ2) is 6.52. The lowest BCUT2D eigenvalue weighted by molar-refractivity contribution is -0.154. The van der Waals surface area contributed by atoms with E-state index < -0.39 is 12.1 Å². The first-order valence-electron chi connectivity index (χ1n) is 6.84. The van der Waals surface area contributed by atoms with E-state index in [1.54, 1.807) is 12.1 Å². The van der Waals surface area contributed by atoms with Crippen LogP contribution in [0.4, 0.5) is 0 Å². The van der Waals surface area contributed by atoms with Crippen molar-refractivity contribution in [1.29, 1.82) is 0 Å². The molecule has 5 heteroatoms. The number of rotatable bonds is 4. The fourth-order valence-electron chi connectivity index (χ4n) is 2.27. The number of amides is 1. The number of ether oxygens (including phenoxy) is 1. The highest BCUT2D eigenvalue weighted by Gasteiger charge is 2.29. The molecule has 0 saturated carbocycles. The van der Waals surface area contributed by atoms with E-state index in [2.05, 4.69) is 6.92 Å². The molecule has 0 aliphatic carbocycles. The van der Waals surface area contributed by atoms with Crippen LogP contribution in [0.5, 0.6) is 0 Å². The molecule has 1 heterocycles. The monoisotopic (exact) mass is 277 g/mol. The van der Waals surface area contributed by atoms with Crippen LogP contribution >= 0.6 is 0 Å². The summed E-state index contributed by atoms with van der Waals surface area (Å²) in [5.74, 6) is -1.16. The molecule has 1 saturated heterocycles. The van der Waals surface area contributed by atoms with Crippen molar-refractivity contribution in [3.63, 3.8) is 0 Å². The molecule has 1 aromatic carbocycles. The van der Waals surface area contributed by atoms with Crippen molar-refractivity contribution in [1.82, 2.24) is 4.90 Å². The molecule has 2 rings (SSSR count). The van der Waals surface area contributed by atoms with Crippen LogP contribution in [-0.4, -0.2) is 47.7 Å². The third kappa shape index (κ3) is 3.36. The summed E-state index contributed by atoms with van der Waals surface area (Å²) in [6, 6.07) is 7.51. The van der Waals surface area contributed by atoms with E-state index in [1.165, 1.54) is 10.5 Å². The minimum atomic E-state index is -1.03. The lowest BCUT2D eigenvalue weighted by Crippen LogP contribution is -2.48. The molecule has 1 aliphatic rings. The van der Waals surface area contributed by atoms with Crippen molar-refractivity contribution in [3.8, 4) is 0 Å². The number of carbonyl (C=O) groups is 2. The number of morpholine rings is 1. The maximum Gasteiger partial charge on any atom is 0.334 e. The van der Waals surface area contributed by atoms with E-state index in [1.807, 2.05) is 12.1 Å². The average Bonchev–Trinajstić information content (AvgIpc) is 2.48. The standard InChI is InChI=1S/C15H19NO4/c1-2-3-11-4-6-12(7-5-11)14(17)16-8-9-20-13(10-16)15(18)19/h4-7,13H,2-3,8-10H2,1H3,(H,18,19)/t13-/m1/s1. The maximum atomic E-state index is 12.3. The minimum absolute atomic E-state index is 0.102. The third-order valence-electron chi connectivity index (χ3n) is 3.37. The van der Waals surface area contributed by atoms with Gasteiger partial charge in [0.2, 0.25) is 0 Å². The number of aliphatic carboxylic acids is 1. The van der Waals surface area contributed by atoms with Gasteiger partial charge >= 0.3 is 5.97 Å². The zero-order valence-corrected chi connectivity index (χ0v) is 11.5. The normalized spacial score (nSPS) is 18.9. The second-order valence-electron chi connectivity index (χ2n) is 4.90. The fraction of sp³-hybridized carbons (Fsp3) is 0.467. The molecular formula is C15H19NO4. The average molecular weight is 277 g/mol. The highest BCUT2D eigenvalue weighted by Crippen LogP contribution is 2.13. The molecule has 0 unspecified atom stereocenters. The molecule has 20 heavy (non-hydrogen) atoms. The molecule has 1 N–H and O–H groups in total. The Morgan fingerprint density at radius 3 is 2.65 bits per heavy atom. The van der Waals surface area contributed by atoms with E-state index in [0.29, 0.717) is 12.1 Å². The van der Waals surface area contributed by atoms with Crippen LogP contribution in [0.2, 0.25) is 0 Å². The van der Waals surface area contributed by atoms with Gasteiger partial charge in [0.05, 0.1) is 13.2 Å². The van der Waals surface area contributed by atoms with E-state index >= 15 is 0 Å². The first kappa shape index (κ1) is 14.5. The summed E-state index contributed by atoms with van der Waals surface area (Å²) in [7, 11) is 0. The SMILES string of the molecule is CCCc1ccc(C(=O)N2CCO[C@@H](C(=O)O)C2)cc1. The van der Waals surface area contributed by atoms with E-state index in [-0.39, 0.29) is 19.1 Å². The molecule has 0 radical (unpaired) electrons. The maximum absolute atomic E-state index is 12.3. The fourth-order valence-corrected chi connectivity index (χ4v) is 2.27. The Hall–Kier alpha value is -1.88. The van der Waals surface area contributed by atoms with Gasteiger partial charge in [-0.25, -0.2) is 4.79 Å². The van der Waals surface area contributed by atoms with Gasteiger partial charge in [-0.05, 0) is 24.1 Å². The van der Waals surface area contributed by atoms with Crippen LogP contribution in [0.1, 0.15) is 29.3 Å². The summed E-state index contributed by atoms with van der Waals surface area (Å²) < 4.78 is 5.11. The van der Waals surface area contributed by atoms with E-state index in [4.69, 9.17) is 9.84 Å². The van der Waals surface area contributed by atoms with Crippen molar-refractivity contribution in [2.45, 2.75) is 25.9 Å². The lowest BCUT2D eigenvalue weighted by Gasteiger charge is -2.30. The van der Waals surface area contributed by atoms with E-state index in [9.17, 15) is 9.59 Å². The summed E-state index contributed by atoms with van der Waals surface area (Å²) >= 11 is 0. The molecule has 5 nitrogen and oxygen atoms in total. The van der Waals surface area contributed by atoms with Crippen molar-refractivity contribution in [2.24, 2.45) is 0 Å². The first-order valence-corrected chi connectivity index (χ1v) is 6.84. The van der Waals surface area contributed by atoms with Gasteiger partial charge in [-0.2, -0.15) is 0 Å². The number of aryl methyl sites for hydroxylation is 1. The van der Waals surface area contributed by atoms with Gasteiger partial charge in [0.25, 0.3) is 5.91 Å². The molecule has 0 bridgehead atoms.